The molecule has 1 N–H and O–H groups in total. The largest absolute Gasteiger partial charge is 0.497 e. The monoisotopic (exact) mass is 456 g/mol. The van der Waals surface area contributed by atoms with Crippen LogP contribution < -0.4 is 14.8 Å². The second-order valence-electron chi connectivity index (χ2n) is 7.37. The van der Waals surface area contributed by atoms with Crippen molar-refractivity contribution in [3.05, 3.63) is 94.6 Å². The molecule has 7 nitrogen and oxygen atoms in total. The molecule has 3 rings (SSSR count). The predicted molar refractivity (Wildman–Crippen MR) is 129 cm³/mol. The van der Waals surface area contributed by atoms with E-state index in [0.717, 1.165) is 11.1 Å². The van der Waals surface area contributed by atoms with Crippen LogP contribution in [0.5, 0.6) is 11.5 Å². The number of hydrogen-bond acceptors (Lipinski definition) is 6. The molecule has 1 amide bonds. The Balaban J connectivity index is 1.81. The summed E-state index contributed by atoms with van der Waals surface area (Å²) >= 11 is 0. The number of carbonyl (C=O) groups excluding carboxylic acids is 2. The Kier molecular flexibility index (Phi) is 8.03. The summed E-state index contributed by atoms with van der Waals surface area (Å²) in [6, 6.07) is 21.2. The van der Waals surface area contributed by atoms with Gasteiger partial charge in [-0.15, -0.1) is 0 Å². The van der Waals surface area contributed by atoms with Crippen LogP contribution in [0.1, 0.15) is 27.0 Å². The highest BCUT2D eigenvalue weighted by Gasteiger charge is 2.13. The number of amides is 1. The molecule has 0 radical (unpaired) electrons. The first-order chi connectivity index (χ1) is 16.4. The normalized spacial score (nSPS) is 10.7. The Bertz CT molecular complexity index is 1260. The third kappa shape index (κ3) is 6.24. The van der Waals surface area contributed by atoms with Crippen LogP contribution in [0, 0.1) is 18.3 Å². The van der Waals surface area contributed by atoms with Crippen molar-refractivity contribution in [2.75, 3.05) is 19.5 Å². The molecule has 0 bridgehead atoms. The Labute approximate surface area is 198 Å². The fourth-order valence-electron chi connectivity index (χ4n) is 3.16. The van der Waals surface area contributed by atoms with E-state index in [1.165, 1.54) is 25.3 Å². The number of esters is 1. The van der Waals surface area contributed by atoms with Crippen molar-refractivity contribution < 1.29 is 23.8 Å². The fraction of sp³-hybridized carbons (Fsp3) is 0.148. The van der Waals surface area contributed by atoms with E-state index in [4.69, 9.17) is 9.47 Å². The number of benzene rings is 3. The highest BCUT2D eigenvalue weighted by Crippen LogP contribution is 2.28. The number of nitrogens with one attached hydrogen (secondary N) is 1. The number of carbonyl (C=O) groups is 2. The molecule has 3 aromatic carbocycles. The molecule has 0 atom stereocenters. The Morgan fingerprint density at radius 2 is 1.79 bits per heavy atom. The highest BCUT2D eigenvalue weighted by molar-refractivity contribution is 6.10. The second-order valence-corrected chi connectivity index (χ2v) is 7.37. The van der Waals surface area contributed by atoms with Crippen LogP contribution in [-0.4, -0.2) is 26.1 Å². The number of methoxy groups -OCH3 is 2. The van der Waals surface area contributed by atoms with Crippen molar-refractivity contribution in [1.82, 2.24) is 0 Å². The summed E-state index contributed by atoms with van der Waals surface area (Å²) in [7, 11) is 2.84. The van der Waals surface area contributed by atoms with Gasteiger partial charge in [0, 0.05) is 17.3 Å². The topological polar surface area (TPSA) is 97.7 Å². The van der Waals surface area contributed by atoms with Crippen LogP contribution in [0.25, 0.3) is 6.08 Å². The molecule has 0 aromatic heterocycles. The maximum absolute atomic E-state index is 12.7. The summed E-state index contributed by atoms with van der Waals surface area (Å²) < 4.78 is 16.0. The molecule has 3 aromatic rings. The molecule has 7 heteroatoms. The van der Waals surface area contributed by atoms with Gasteiger partial charge >= 0.3 is 5.97 Å². The van der Waals surface area contributed by atoms with E-state index >= 15 is 0 Å². The van der Waals surface area contributed by atoms with E-state index in [1.54, 1.807) is 37.4 Å². The van der Waals surface area contributed by atoms with Gasteiger partial charge in [0.1, 0.15) is 29.7 Å². The first kappa shape index (κ1) is 24.1. The van der Waals surface area contributed by atoms with Gasteiger partial charge in [0.15, 0.2) is 0 Å². The van der Waals surface area contributed by atoms with Crippen LogP contribution in [0.4, 0.5) is 5.69 Å². The van der Waals surface area contributed by atoms with Gasteiger partial charge in [-0.2, -0.15) is 5.26 Å². The van der Waals surface area contributed by atoms with E-state index in [1.807, 2.05) is 37.3 Å². The minimum atomic E-state index is -0.589. The summed E-state index contributed by atoms with van der Waals surface area (Å²) in [6.07, 6.45) is 1.46. The maximum atomic E-state index is 12.7. The Morgan fingerprint density at radius 3 is 2.44 bits per heavy atom. The molecule has 172 valence electrons. The fourth-order valence-corrected chi connectivity index (χ4v) is 3.16. The predicted octanol–water partition coefficient (Wildman–Crippen LogP) is 4.91. The molecule has 0 saturated heterocycles. The molecule has 0 heterocycles. The summed E-state index contributed by atoms with van der Waals surface area (Å²) in [5.41, 5.74) is 3.35. The van der Waals surface area contributed by atoms with Crippen LogP contribution in [0.2, 0.25) is 0 Å². The lowest BCUT2D eigenvalue weighted by atomic mass is 10.1. The number of ether oxygens (including phenoxy) is 3. The molecular formula is C27H24N2O5. The van der Waals surface area contributed by atoms with Crippen LogP contribution >= 0.6 is 0 Å². The molecule has 0 aliphatic rings. The van der Waals surface area contributed by atoms with E-state index in [9.17, 15) is 14.9 Å². The van der Waals surface area contributed by atoms with Crippen molar-refractivity contribution in [2.24, 2.45) is 0 Å². The summed E-state index contributed by atoms with van der Waals surface area (Å²) in [4.78, 5) is 24.3. The zero-order valence-electron chi connectivity index (χ0n) is 19.1. The minimum absolute atomic E-state index is 0.109. The average molecular weight is 456 g/mol. The molecule has 0 aliphatic carbocycles. The van der Waals surface area contributed by atoms with E-state index in [2.05, 4.69) is 10.1 Å². The Hall–Kier alpha value is -4.57. The van der Waals surface area contributed by atoms with E-state index in [-0.39, 0.29) is 5.57 Å². The lowest BCUT2D eigenvalue weighted by molar-refractivity contribution is -0.112. The van der Waals surface area contributed by atoms with Crippen LogP contribution in [0.3, 0.4) is 0 Å². The maximum Gasteiger partial charge on any atom is 0.337 e. The van der Waals surface area contributed by atoms with Crippen LogP contribution in [-0.2, 0) is 16.1 Å². The number of nitrogens with zero attached hydrogens (tertiary/aromatic N) is 1. The van der Waals surface area contributed by atoms with Gasteiger partial charge in [0.05, 0.1) is 19.8 Å². The van der Waals surface area contributed by atoms with Gasteiger partial charge in [-0.3, -0.25) is 4.79 Å². The van der Waals surface area contributed by atoms with Crippen molar-refractivity contribution >= 4 is 23.6 Å². The van der Waals surface area contributed by atoms with Gasteiger partial charge in [0.25, 0.3) is 5.91 Å². The molecule has 0 saturated carbocycles. The lowest BCUT2D eigenvalue weighted by Crippen LogP contribution is -2.13. The van der Waals surface area contributed by atoms with Crippen molar-refractivity contribution in [2.45, 2.75) is 13.5 Å². The molecular weight excluding hydrogens is 432 g/mol. The molecule has 0 aliphatic heterocycles. The standard InChI is InChI=1S/C27H24N2O5/c1-18-5-4-6-19(13-18)17-34-25-15-24(32-2)12-9-21(25)14-22(16-28)26(30)29-23-10-7-20(8-11-23)27(31)33-3/h4-15H,17H2,1-3H3,(H,29,30)/b22-14+. The molecule has 0 spiro atoms. The molecule has 0 fully saturated rings. The highest BCUT2D eigenvalue weighted by atomic mass is 16.5. The van der Waals surface area contributed by atoms with Crippen LogP contribution in [0.15, 0.2) is 72.3 Å². The smallest absolute Gasteiger partial charge is 0.337 e. The van der Waals surface area contributed by atoms with Crippen molar-refractivity contribution in [1.29, 1.82) is 5.26 Å². The average Bonchev–Trinajstić information content (AvgIpc) is 2.86. The third-order valence-electron chi connectivity index (χ3n) is 4.93. The lowest BCUT2D eigenvalue weighted by Gasteiger charge is -2.12. The van der Waals surface area contributed by atoms with Gasteiger partial charge in [-0.25, -0.2) is 4.79 Å². The number of anilines is 1. The SMILES string of the molecule is COC(=O)c1ccc(NC(=O)/C(C#N)=C/c2ccc(OC)cc2OCc2cccc(C)c2)cc1. The number of rotatable bonds is 8. The van der Waals surface area contributed by atoms with Gasteiger partial charge in [-0.05, 0) is 55.0 Å². The number of hydrogen-bond donors (Lipinski definition) is 1. The van der Waals surface area contributed by atoms with Crippen molar-refractivity contribution in [3.8, 4) is 17.6 Å². The number of nitriles is 1. The summed E-state index contributed by atoms with van der Waals surface area (Å²) in [5.74, 6) is -0.00385. The zero-order valence-corrected chi connectivity index (χ0v) is 19.1. The second kappa shape index (κ2) is 11.3. The summed E-state index contributed by atoms with van der Waals surface area (Å²) in [5, 5.41) is 12.3. The quantitative estimate of drug-likeness (QED) is 0.294. The Morgan fingerprint density at radius 1 is 1.03 bits per heavy atom. The summed E-state index contributed by atoms with van der Waals surface area (Å²) in [6.45, 7) is 2.32. The first-order valence-electron chi connectivity index (χ1n) is 10.4. The van der Waals surface area contributed by atoms with Gasteiger partial charge in [-0.1, -0.05) is 29.8 Å². The number of aryl methyl sites for hydroxylation is 1. The molecule has 0 unspecified atom stereocenters. The molecule has 34 heavy (non-hydrogen) atoms. The zero-order chi connectivity index (χ0) is 24.5. The first-order valence-corrected chi connectivity index (χ1v) is 10.4. The van der Waals surface area contributed by atoms with Crippen molar-refractivity contribution in [3.63, 3.8) is 0 Å². The third-order valence-corrected chi connectivity index (χ3v) is 4.93. The van der Waals surface area contributed by atoms with E-state index < -0.39 is 11.9 Å². The minimum Gasteiger partial charge on any atom is -0.497 e. The van der Waals surface area contributed by atoms with E-state index in [0.29, 0.717) is 34.9 Å². The van der Waals surface area contributed by atoms with Gasteiger partial charge < -0.3 is 19.5 Å². The van der Waals surface area contributed by atoms with Gasteiger partial charge in [0.2, 0.25) is 0 Å².